The summed E-state index contributed by atoms with van der Waals surface area (Å²) < 4.78 is 5.57. The lowest BCUT2D eigenvalue weighted by molar-refractivity contribution is 0.516. The Hall–Kier alpha value is -1.06. The molecule has 0 saturated heterocycles. The van der Waals surface area contributed by atoms with Crippen LogP contribution in [0.2, 0.25) is 5.02 Å². The van der Waals surface area contributed by atoms with E-state index in [0.717, 1.165) is 30.8 Å². The average molecular weight is 225 g/mol. The van der Waals surface area contributed by atoms with E-state index in [9.17, 15) is 0 Å². The molecule has 15 heavy (non-hydrogen) atoms. The predicted molar refractivity (Wildman–Crippen MR) is 61.3 cm³/mol. The van der Waals surface area contributed by atoms with Crippen LogP contribution in [0.4, 0.5) is 0 Å². The number of benzene rings is 1. The zero-order chi connectivity index (χ0) is 10.7. The van der Waals surface area contributed by atoms with E-state index in [1.54, 1.807) is 0 Å². The Morgan fingerprint density at radius 3 is 3.07 bits per heavy atom. The topological polar surface area (TPSA) is 38.1 Å². The van der Waals surface area contributed by atoms with E-state index < -0.39 is 0 Å². The van der Waals surface area contributed by atoms with Crippen molar-refractivity contribution in [3.8, 4) is 0 Å². The molecule has 1 aromatic heterocycles. The Balaban J connectivity index is 2.20. The lowest BCUT2D eigenvalue weighted by Gasteiger charge is -1.94. The van der Waals surface area contributed by atoms with Crippen molar-refractivity contribution in [3.63, 3.8) is 0 Å². The lowest BCUT2D eigenvalue weighted by Crippen LogP contribution is -2.08. The number of fused-ring (bicyclic) bond motifs is 1. The molecule has 0 bridgehead atoms. The molecule has 1 N–H and O–H groups in total. The summed E-state index contributed by atoms with van der Waals surface area (Å²) in [4.78, 5) is 4.37. The molecule has 0 aliphatic carbocycles. The molecule has 0 atom stereocenters. The van der Waals surface area contributed by atoms with Crippen LogP contribution in [0.1, 0.15) is 12.3 Å². The van der Waals surface area contributed by atoms with E-state index >= 15 is 0 Å². The number of oxazole rings is 1. The van der Waals surface area contributed by atoms with Crippen molar-refractivity contribution in [2.75, 3.05) is 13.6 Å². The fourth-order valence-electron chi connectivity index (χ4n) is 1.48. The second-order valence-corrected chi connectivity index (χ2v) is 3.81. The van der Waals surface area contributed by atoms with Gasteiger partial charge >= 0.3 is 0 Å². The Bertz CT molecular complexity index is 453. The minimum atomic E-state index is 0.625. The fourth-order valence-corrected chi connectivity index (χ4v) is 1.69. The molecule has 0 spiro atoms. The maximum atomic E-state index is 5.99. The van der Waals surface area contributed by atoms with Gasteiger partial charge in [-0.3, -0.25) is 0 Å². The third kappa shape index (κ3) is 2.30. The number of para-hydroxylation sites is 1. The third-order valence-corrected chi connectivity index (χ3v) is 2.53. The summed E-state index contributed by atoms with van der Waals surface area (Å²) in [5.41, 5.74) is 1.53. The van der Waals surface area contributed by atoms with Gasteiger partial charge in [-0.1, -0.05) is 17.7 Å². The maximum Gasteiger partial charge on any atom is 0.195 e. The van der Waals surface area contributed by atoms with Gasteiger partial charge in [-0.05, 0) is 32.1 Å². The number of aryl methyl sites for hydroxylation is 1. The molecule has 3 nitrogen and oxygen atoms in total. The smallest absolute Gasteiger partial charge is 0.195 e. The molecule has 0 amide bonds. The Morgan fingerprint density at radius 2 is 2.33 bits per heavy atom. The molecule has 0 aliphatic rings. The highest BCUT2D eigenvalue weighted by Crippen LogP contribution is 2.24. The zero-order valence-electron chi connectivity index (χ0n) is 8.59. The minimum Gasteiger partial charge on any atom is -0.439 e. The summed E-state index contributed by atoms with van der Waals surface area (Å²) in [6, 6.07) is 5.60. The summed E-state index contributed by atoms with van der Waals surface area (Å²) in [6.07, 6.45) is 1.85. The van der Waals surface area contributed by atoms with E-state index in [1.807, 2.05) is 25.2 Å². The van der Waals surface area contributed by atoms with E-state index in [0.29, 0.717) is 10.6 Å². The van der Waals surface area contributed by atoms with Crippen LogP contribution < -0.4 is 5.32 Å². The average Bonchev–Trinajstić information content (AvgIpc) is 2.63. The van der Waals surface area contributed by atoms with Gasteiger partial charge in [0.2, 0.25) is 0 Å². The zero-order valence-corrected chi connectivity index (χ0v) is 9.34. The molecular weight excluding hydrogens is 212 g/mol. The molecule has 0 fully saturated rings. The van der Waals surface area contributed by atoms with Gasteiger partial charge in [-0.15, -0.1) is 0 Å². The van der Waals surface area contributed by atoms with Crippen LogP contribution in [-0.2, 0) is 6.42 Å². The summed E-state index contributed by atoms with van der Waals surface area (Å²) in [7, 11) is 1.93. The SMILES string of the molecule is CNCCCc1nc2cccc(Cl)c2o1. The first kappa shape index (κ1) is 10.5. The Labute approximate surface area is 93.4 Å². The normalized spacial score (nSPS) is 11.1. The first-order valence-corrected chi connectivity index (χ1v) is 5.37. The molecule has 80 valence electrons. The number of halogens is 1. The first-order valence-electron chi connectivity index (χ1n) is 5.00. The molecule has 4 heteroatoms. The molecular formula is C11H13ClN2O. The van der Waals surface area contributed by atoms with Crippen LogP contribution in [0.5, 0.6) is 0 Å². The number of aromatic nitrogens is 1. The molecule has 2 rings (SSSR count). The van der Waals surface area contributed by atoms with Gasteiger partial charge < -0.3 is 9.73 Å². The van der Waals surface area contributed by atoms with Crippen LogP contribution in [-0.4, -0.2) is 18.6 Å². The Kier molecular flexibility index (Phi) is 3.23. The monoisotopic (exact) mass is 224 g/mol. The minimum absolute atomic E-state index is 0.625. The molecule has 0 unspecified atom stereocenters. The van der Waals surface area contributed by atoms with Gasteiger partial charge in [0.15, 0.2) is 11.5 Å². The molecule has 0 radical (unpaired) electrons. The standard InChI is InChI=1S/C11H13ClN2O/c1-13-7-3-6-10-14-9-5-2-4-8(12)11(9)15-10/h2,4-5,13H,3,6-7H2,1H3. The second-order valence-electron chi connectivity index (χ2n) is 3.40. The lowest BCUT2D eigenvalue weighted by atomic mass is 10.3. The van der Waals surface area contributed by atoms with E-state index in [1.165, 1.54) is 0 Å². The number of nitrogens with zero attached hydrogens (tertiary/aromatic N) is 1. The summed E-state index contributed by atoms with van der Waals surface area (Å²) in [6.45, 7) is 0.965. The Morgan fingerprint density at radius 1 is 1.47 bits per heavy atom. The van der Waals surface area contributed by atoms with Gasteiger partial charge in [0.1, 0.15) is 5.52 Å². The van der Waals surface area contributed by atoms with E-state index in [4.69, 9.17) is 16.0 Å². The van der Waals surface area contributed by atoms with Crippen LogP contribution >= 0.6 is 11.6 Å². The van der Waals surface area contributed by atoms with Gasteiger partial charge in [0, 0.05) is 6.42 Å². The molecule has 0 aliphatic heterocycles. The fraction of sp³-hybridized carbons (Fsp3) is 0.364. The van der Waals surface area contributed by atoms with Gasteiger partial charge in [0.25, 0.3) is 0 Å². The third-order valence-electron chi connectivity index (χ3n) is 2.23. The van der Waals surface area contributed by atoms with Crippen molar-refractivity contribution >= 4 is 22.7 Å². The van der Waals surface area contributed by atoms with Crippen molar-refractivity contribution in [2.24, 2.45) is 0 Å². The van der Waals surface area contributed by atoms with Crippen molar-refractivity contribution in [1.29, 1.82) is 0 Å². The number of hydrogen-bond donors (Lipinski definition) is 1. The predicted octanol–water partition coefficient (Wildman–Crippen LogP) is 2.63. The maximum absolute atomic E-state index is 5.99. The van der Waals surface area contributed by atoms with E-state index in [2.05, 4.69) is 10.3 Å². The van der Waals surface area contributed by atoms with Gasteiger partial charge in [-0.25, -0.2) is 4.98 Å². The van der Waals surface area contributed by atoms with Crippen molar-refractivity contribution in [2.45, 2.75) is 12.8 Å². The quantitative estimate of drug-likeness (QED) is 0.812. The van der Waals surface area contributed by atoms with Crippen LogP contribution in [0.25, 0.3) is 11.1 Å². The largest absolute Gasteiger partial charge is 0.439 e. The van der Waals surface area contributed by atoms with Crippen molar-refractivity contribution < 1.29 is 4.42 Å². The molecule has 1 aromatic carbocycles. The number of rotatable bonds is 4. The number of hydrogen-bond acceptors (Lipinski definition) is 3. The van der Waals surface area contributed by atoms with Crippen molar-refractivity contribution in [1.82, 2.24) is 10.3 Å². The van der Waals surface area contributed by atoms with Crippen molar-refractivity contribution in [3.05, 3.63) is 29.1 Å². The number of nitrogens with one attached hydrogen (secondary N) is 1. The van der Waals surface area contributed by atoms with Crippen LogP contribution in [0.15, 0.2) is 22.6 Å². The highest BCUT2D eigenvalue weighted by molar-refractivity contribution is 6.34. The van der Waals surface area contributed by atoms with Gasteiger partial charge in [-0.2, -0.15) is 0 Å². The molecule has 2 aromatic rings. The van der Waals surface area contributed by atoms with Crippen LogP contribution in [0, 0.1) is 0 Å². The second kappa shape index (κ2) is 4.64. The van der Waals surface area contributed by atoms with Gasteiger partial charge in [0.05, 0.1) is 5.02 Å². The molecule has 0 saturated carbocycles. The summed E-state index contributed by atoms with van der Waals surface area (Å²) >= 11 is 5.99. The van der Waals surface area contributed by atoms with Crippen LogP contribution in [0.3, 0.4) is 0 Å². The summed E-state index contributed by atoms with van der Waals surface area (Å²) in [5.74, 6) is 0.758. The first-order chi connectivity index (χ1) is 7.31. The highest BCUT2D eigenvalue weighted by atomic mass is 35.5. The highest BCUT2D eigenvalue weighted by Gasteiger charge is 2.07. The molecule has 1 heterocycles. The van der Waals surface area contributed by atoms with E-state index in [-0.39, 0.29) is 0 Å². The summed E-state index contributed by atoms with van der Waals surface area (Å²) in [5, 5.41) is 3.71.